The van der Waals surface area contributed by atoms with Crippen LogP contribution >= 0.6 is 0 Å². The minimum atomic E-state index is -4.30. The molecule has 3 rings (SSSR count). The molecule has 5 N–H and O–H groups in total. The van der Waals surface area contributed by atoms with Crippen molar-refractivity contribution in [1.82, 2.24) is 30.1 Å². The van der Waals surface area contributed by atoms with E-state index in [1.165, 1.54) is 38.5 Å². The van der Waals surface area contributed by atoms with Gasteiger partial charge in [-0.05, 0) is 74.5 Å². The minimum Gasteiger partial charge on any atom is -0.399 e. The van der Waals surface area contributed by atoms with E-state index in [0.717, 1.165) is 0 Å². The first-order valence-corrected chi connectivity index (χ1v) is 23.4. The molecule has 1 aliphatic heterocycles. The van der Waals surface area contributed by atoms with Crippen LogP contribution in [0.3, 0.4) is 0 Å². The van der Waals surface area contributed by atoms with Crippen LogP contribution in [-0.4, -0.2) is 137 Å². The summed E-state index contributed by atoms with van der Waals surface area (Å²) in [4.78, 5) is 74.9. The van der Waals surface area contributed by atoms with Crippen molar-refractivity contribution in [2.75, 3.05) is 47.6 Å². The molecular weight excluding hydrogens is 827 g/mol. The highest BCUT2D eigenvalue weighted by Crippen LogP contribution is 2.30. The van der Waals surface area contributed by atoms with Gasteiger partial charge < -0.3 is 35.6 Å². The molecule has 0 saturated carbocycles. The van der Waals surface area contributed by atoms with Crippen molar-refractivity contribution < 1.29 is 41.9 Å². The lowest BCUT2D eigenvalue weighted by molar-refractivity contribution is -0.148. The number of nitrogens with two attached hydrogens (primary N) is 1. The number of hydrogen-bond acceptors (Lipinski definition) is 11. The standard InChI is InChI=1S/C46H73N7O9S/c1-13-30(6)41(52(10)46(58)39(28(2)3)49-45(57)40(29(4)5)51(8)9)37(61-11)27-38(54)53-25-17-20-36(53)42(62-12)31(7)43(55)48-35(26-32-18-15-14-16-19-32)44(56)50-63(59,60)34-23-21-33(47)22-24-34/h14-16,18-19,21-24,28-31,35-37,39-42H,13,17,20,25-27,47H2,1-12H3,(H,48,55)(H,49,57)(H,50,56)/t30-,31+,35-,36-,37+,39?,40-,41-,42+/m0/s1. The van der Waals surface area contributed by atoms with Gasteiger partial charge in [-0.25, -0.2) is 13.1 Å². The molecule has 16 nitrogen and oxygen atoms in total. The van der Waals surface area contributed by atoms with Gasteiger partial charge >= 0.3 is 0 Å². The van der Waals surface area contributed by atoms with Crippen molar-refractivity contribution >= 4 is 45.2 Å². The van der Waals surface area contributed by atoms with E-state index < -0.39 is 70.2 Å². The zero-order valence-corrected chi connectivity index (χ0v) is 40.1. The Hall–Kier alpha value is -4.58. The quantitative estimate of drug-likeness (QED) is 0.119. The van der Waals surface area contributed by atoms with E-state index in [4.69, 9.17) is 15.2 Å². The molecule has 2 aromatic carbocycles. The Bertz CT molecular complexity index is 1920. The Morgan fingerprint density at radius 3 is 1.98 bits per heavy atom. The number of amides is 5. The molecule has 2 aromatic rings. The third-order valence-electron chi connectivity index (χ3n) is 12.3. The zero-order valence-electron chi connectivity index (χ0n) is 39.3. The van der Waals surface area contributed by atoms with Gasteiger partial charge in [0.25, 0.3) is 15.9 Å². The first-order valence-electron chi connectivity index (χ1n) is 21.9. The van der Waals surface area contributed by atoms with Crippen molar-refractivity contribution in [1.29, 1.82) is 0 Å². The Labute approximate surface area is 375 Å². The topological polar surface area (TPSA) is 210 Å². The van der Waals surface area contributed by atoms with Crippen LogP contribution in [-0.2, 0) is 49.9 Å². The second-order valence-electron chi connectivity index (χ2n) is 17.8. The van der Waals surface area contributed by atoms with Crippen LogP contribution < -0.4 is 21.1 Å². The molecule has 0 bridgehead atoms. The summed E-state index contributed by atoms with van der Waals surface area (Å²) in [7, 11) is 4.05. The number of rotatable bonds is 23. The number of likely N-dealkylation sites (tertiary alicyclic amines) is 1. The van der Waals surface area contributed by atoms with Crippen LogP contribution in [0.1, 0.15) is 79.7 Å². The number of sulfonamides is 1. The number of carbonyl (C=O) groups excluding carboxylic acids is 5. The Morgan fingerprint density at radius 1 is 0.841 bits per heavy atom. The molecule has 17 heteroatoms. The van der Waals surface area contributed by atoms with Crippen molar-refractivity contribution in [3.05, 3.63) is 60.2 Å². The predicted octanol–water partition coefficient (Wildman–Crippen LogP) is 3.45. The van der Waals surface area contributed by atoms with E-state index in [9.17, 15) is 32.4 Å². The summed E-state index contributed by atoms with van der Waals surface area (Å²) in [6.07, 6.45) is 0.315. The van der Waals surface area contributed by atoms with Crippen molar-refractivity contribution in [3.63, 3.8) is 0 Å². The second kappa shape index (κ2) is 23.9. The maximum absolute atomic E-state index is 14.4. The van der Waals surface area contributed by atoms with Crippen LogP contribution in [0.2, 0.25) is 0 Å². The Morgan fingerprint density at radius 2 is 1.46 bits per heavy atom. The summed E-state index contributed by atoms with van der Waals surface area (Å²) >= 11 is 0. The average molecular weight is 900 g/mol. The summed E-state index contributed by atoms with van der Waals surface area (Å²) in [5.41, 5.74) is 6.77. The van der Waals surface area contributed by atoms with Gasteiger partial charge in [0.05, 0.1) is 47.6 Å². The first kappa shape index (κ1) is 52.8. The monoisotopic (exact) mass is 900 g/mol. The van der Waals surface area contributed by atoms with Crippen LogP contribution in [0, 0.1) is 23.7 Å². The average Bonchev–Trinajstić information content (AvgIpc) is 3.71. The number of hydrogen-bond donors (Lipinski definition) is 4. The molecule has 1 unspecified atom stereocenters. The number of benzene rings is 2. The van der Waals surface area contributed by atoms with Crippen LogP contribution in [0.4, 0.5) is 5.69 Å². The van der Waals surface area contributed by atoms with Gasteiger partial charge in [-0.1, -0.05) is 85.2 Å². The maximum atomic E-state index is 14.4. The normalized spacial score (nSPS) is 18.2. The van der Waals surface area contributed by atoms with Crippen LogP contribution in [0.25, 0.3) is 0 Å². The molecule has 9 atom stereocenters. The van der Waals surface area contributed by atoms with Crippen LogP contribution in [0.5, 0.6) is 0 Å². The molecule has 1 saturated heterocycles. The molecule has 0 aliphatic carbocycles. The van der Waals surface area contributed by atoms with Gasteiger partial charge in [-0.3, -0.25) is 28.9 Å². The lowest BCUT2D eigenvalue weighted by Gasteiger charge is -2.41. The highest BCUT2D eigenvalue weighted by Gasteiger charge is 2.43. The van der Waals surface area contributed by atoms with Gasteiger partial charge in [0.1, 0.15) is 12.1 Å². The second-order valence-corrected chi connectivity index (χ2v) is 19.4. The highest BCUT2D eigenvalue weighted by molar-refractivity contribution is 7.90. The Balaban J connectivity index is 1.83. The number of nitrogens with zero attached hydrogens (tertiary/aromatic N) is 3. The molecule has 1 heterocycles. The fraction of sp³-hybridized carbons (Fsp3) is 0.630. The van der Waals surface area contributed by atoms with Crippen molar-refractivity contribution in [3.8, 4) is 0 Å². The number of likely N-dealkylation sites (N-methyl/N-ethyl adjacent to an activating group) is 2. The fourth-order valence-corrected chi connectivity index (χ4v) is 9.70. The summed E-state index contributed by atoms with van der Waals surface area (Å²) in [6.45, 7) is 13.8. The predicted molar refractivity (Wildman–Crippen MR) is 243 cm³/mol. The van der Waals surface area contributed by atoms with E-state index in [2.05, 4.69) is 15.4 Å². The molecule has 0 spiro atoms. The third kappa shape index (κ3) is 14.0. The number of ether oxygens (including phenoxy) is 2. The number of carbonyl (C=O) groups is 5. The van der Waals surface area contributed by atoms with E-state index in [0.29, 0.717) is 37.1 Å². The number of anilines is 1. The molecule has 0 aromatic heterocycles. The SMILES string of the molecule is CC[C@H](C)[C@@H]([C@@H](CC(=O)N1CCC[C@H]1[C@H](OC)[C@@H](C)C(=O)N[C@@H](Cc1ccccc1)C(=O)NS(=O)(=O)c1ccc(N)cc1)OC)N(C)C(=O)C(NC(=O)[C@H](C(C)C)N(C)C)C(C)C. The maximum Gasteiger partial charge on any atom is 0.264 e. The van der Waals surface area contributed by atoms with Crippen LogP contribution in [0.15, 0.2) is 59.5 Å². The Kier molecular flexibility index (Phi) is 20.0. The van der Waals surface area contributed by atoms with Gasteiger partial charge in [-0.15, -0.1) is 0 Å². The summed E-state index contributed by atoms with van der Waals surface area (Å²) in [6, 6.07) is 10.7. The lowest BCUT2D eigenvalue weighted by atomic mass is 9.89. The van der Waals surface area contributed by atoms with E-state index in [1.54, 1.807) is 54.1 Å². The first-order chi connectivity index (χ1) is 29.6. The smallest absolute Gasteiger partial charge is 0.264 e. The third-order valence-corrected chi connectivity index (χ3v) is 13.6. The van der Waals surface area contributed by atoms with Crippen molar-refractivity contribution in [2.24, 2.45) is 23.7 Å². The molecule has 1 fully saturated rings. The minimum absolute atomic E-state index is 0.000380. The number of nitrogens with one attached hydrogen (secondary N) is 3. The van der Waals surface area contributed by atoms with Gasteiger partial charge in [0.15, 0.2) is 0 Å². The summed E-state index contributed by atoms with van der Waals surface area (Å²) in [5.74, 6) is -3.41. The zero-order chi connectivity index (χ0) is 47.3. The highest BCUT2D eigenvalue weighted by atomic mass is 32.2. The molecule has 0 radical (unpaired) electrons. The van der Waals surface area contributed by atoms with Gasteiger partial charge in [0.2, 0.25) is 23.6 Å². The fourth-order valence-electron chi connectivity index (χ4n) is 8.68. The molecule has 1 aliphatic rings. The molecule has 63 heavy (non-hydrogen) atoms. The molecular formula is C46H73N7O9S. The van der Waals surface area contributed by atoms with Gasteiger partial charge in [0, 0.05) is 39.9 Å². The summed E-state index contributed by atoms with van der Waals surface area (Å²) < 4.78 is 40.5. The molecule has 5 amide bonds. The van der Waals surface area contributed by atoms with Gasteiger partial charge in [-0.2, -0.15) is 0 Å². The lowest BCUT2D eigenvalue weighted by Crippen LogP contribution is -2.59. The van der Waals surface area contributed by atoms with E-state index in [1.807, 2.05) is 60.5 Å². The number of nitrogen functional groups attached to an aromatic ring is 1. The van der Waals surface area contributed by atoms with E-state index in [-0.39, 0.29) is 53.2 Å². The summed E-state index contributed by atoms with van der Waals surface area (Å²) in [5, 5.41) is 5.79. The largest absolute Gasteiger partial charge is 0.399 e. The van der Waals surface area contributed by atoms with E-state index >= 15 is 0 Å². The number of methoxy groups -OCH3 is 2. The molecule has 352 valence electrons. The van der Waals surface area contributed by atoms with Crippen molar-refractivity contribution in [2.45, 2.75) is 128 Å².